The maximum absolute atomic E-state index is 12.0. The molecular weight excluding hydrogens is 366 g/mol. The van der Waals surface area contributed by atoms with Crippen LogP contribution in [0.25, 0.3) is 0 Å². The minimum atomic E-state index is -3.54. The van der Waals surface area contributed by atoms with Gasteiger partial charge in [-0.3, -0.25) is 9.71 Å². The molecule has 0 bridgehead atoms. The Morgan fingerprint density at radius 3 is 2.76 bits per heavy atom. The van der Waals surface area contributed by atoms with Crippen molar-refractivity contribution in [2.75, 3.05) is 0 Å². The van der Waals surface area contributed by atoms with Crippen LogP contribution in [0.1, 0.15) is 43.0 Å². The first-order valence-electron chi connectivity index (χ1n) is 7.77. The molecule has 0 atom stereocenters. The van der Waals surface area contributed by atoms with Crippen molar-refractivity contribution in [2.45, 2.75) is 42.7 Å². The number of fused-ring (bicyclic) bond motifs is 1. The van der Waals surface area contributed by atoms with Crippen molar-refractivity contribution < 1.29 is 12.9 Å². The topological polar surface area (TPSA) is 123 Å². The fourth-order valence-corrected chi connectivity index (χ4v) is 4.40. The molecule has 1 aliphatic carbocycles. The van der Waals surface area contributed by atoms with E-state index in [2.05, 4.69) is 19.9 Å². The van der Waals surface area contributed by atoms with Gasteiger partial charge < -0.3 is 10.3 Å². The summed E-state index contributed by atoms with van der Waals surface area (Å²) in [6.45, 7) is 0.0925. The van der Waals surface area contributed by atoms with Gasteiger partial charge in [-0.15, -0.1) is 12.4 Å². The van der Waals surface area contributed by atoms with E-state index < -0.39 is 15.6 Å². The summed E-state index contributed by atoms with van der Waals surface area (Å²) in [6, 6.07) is 6.69. The molecule has 10 heteroatoms. The van der Waals surface area contributed by atoms with Crippen molar-refractivity contribution in [1.29, 1.82) is 0 Å². The first kappa shape index (κ1) is 17.8. The number of halogens is 1. The number of rotatable bonds is 3. The zero-order chi connectivity index (χ0) is 16.8. The second-order valence-corrected chi connectivity index (χ2v) is 7.79. The number of nitrogens with two attached hydrogens (primary N) is 1. The molecule has 2 heterocycles. The van der Waals surface area contributed by atoms with Gasteiger partial charge in [-0.2, -0.15) is 4.98 Å². The Morgan fingerprint density at radius 1 is 1.28 bits per heavy atom. The summed E-state index contributed by atoms with van der Waals surface area (Å²) in [5.41, 5.74) is 6.33. The highest BCUT2D eigenvalue weighted by Crippen LogP contribution is 2.34. The Hall–Kier alpha value is -1.97. The average molecular weight is 384 g/mol. The lowest BCUT2D eigenvalue weighted by Crippen LogP contribution is -2.34. The highest BCUT2D eigenvalue weighted by molar-refractivity contribution is 7.90. The molecule has 0 spiro atoms. The van der Waals surface area contributed by atoms with E-state index in [0.717, 1.165) is 25.7 Å². The molecule has 1 fully saturated rings. The third-order valence-electron chi connectivity index (χ3n) is 4.44. The van der Waals surface area contributed by atoms with Crippen molar-refractivity contribution in [2.24, 2.45) is 10.7 Å². The van der Waals surface area contributed by atoms with E-state index in [-0.39, 0.29) is 29.7 Å². The Bertz CT molecular complexity index is 919. The lowest BCUT2D eigenvalue weighted by atomic mass is 9.99. The van der Waals surface area contributed by atoms with Gasteiger partial charge in [0.05, 0.1) is 10.4 Å². The number of sulfonamides is 1. The Kier molecular flexibility index (Phi) is 4.56. The summed E-state index contributed by atoms with van der Waals surface area (Å²) < 4.78 is 31.7. The summed E-state index contributed by atoms with van der Waals surface area (Å²) >= 11 is 0. The van der Waals surface area contributed by atoms with Crippen molar-refractivity contribution >= 4 is 28.3 Å². The molecule has 25 heavy (non-hydrogen) atoms. The molecule has 1 aliphatic heterocycles. The summed E-state index contributed by atoms with van der Waals surface area (Å²) in [5, 5.41) is 3.97. The predicted molar refractivity (Wildman–Crippen MR) is 92.9 cm³/mol. The fraction of sp³-hybridized carbons (Fsp3) is 0.400. The Labute approximate surface area is 151 Å². The smallest absolute Gasteiger partial charge is 0.263 e. The summed E-state index contributed by atoms with van der Waals surface area (Å²) in [5.74, 6) is 1.11. The monoisotopic (exact) mass is 383 g/mol. The van der Waals surface area contributed by atoms with Crippen LogP contribution in [0.3, 0.4) is 0 Å². The quantitative estimate of drug-likeness (QED) is 0.826. The highest BCUT2D eigenvalue weighted by atomic mass is 35.5. The van der Waals surface area contributed by atoms with Crippen LogP contribution in [-0.4, -0.2) is 24.4 Å². The number of nitrogens with zero attached hydrogens (tertiary/aromatic N) is 3. The van der Waals surface area contributed by atoms with Gasteiger partial charge in [0.25, 0.3) is 10.0 Å². The van der Waals surface area contributed by atoms with Gasteiger partial charge >= 0.3 is 0 Å². The average Bonchev–Trinajstić information content (AvgIpc) is 3.26. The number of hydrogen-bond donors (Lipinski definition) is 2. The molecule has 0 saturated heterocycles. The minimum absolute atomic E-state index is 0. The van der Waals surface area contributed by atoms with Gasteiger partial charge in [0, 0.05) is 5.56 Å². The van der Waals surface area contributed by atoms with E-state index in [1.165, 1.54) is 0 Å². The molecule has 0 unspecified atom stereocenters. The Balaban J connectivity index is 0.00000182. The van der Waals surface area contributed by atoms with E-state index in [1.807, 2.05) is 0 Å². The molecule has 1 aromatic heterocycles. The molecule has 2 aromatic rings. The van der Waals surface area contributed by atoms with Crippen LogP contribution >= 0.6 is 12.4 Å². The number of benzene rings is 1. The first-order chi connectivity index (χ1) is 11.5. The Morgan fingerprint density at radius 2 is 2.00 bits per heavy atom. The molecule has 3 N–H and O–H groups in total. The molecule has 8 nitrogen and oxygen atoms in total. The van der Waals surface area contributed by atoms with E-state index in [0.29, 0.717) is 17.3 Å². The van der Waals surface area contributed by atoms with Crippen LogP contribution in [0, 0.1) is 0 Å². The van der Waals surface area contributed by atoms with Crippen molar-refractivity contribution in [3.05, 3.63) is 41.5 Å². The second kappa shape index (κ2) is 6.40. The largest absolute Gasteiger partial charge is 0.337 e. The van der Waals surface area contributed by atoms with Gasteiger partial charge in [0.1, 0.15) is 12.4 Å². The van der Waals surface area contributed by atoms with E-state index in [1.54, 1.807) is 24.3 Å². The third kappa shape index (κ3) is 3.14. The number of aromatic nitrogens is 2. The van der Waals surface area contributed by atoms with Crippen molar-refractivity contribution in [3.63, 3.8) is 0 Å². The number of nitrogens with one attached hydrogen (secondary N) is 1. The van der Waals surface area contributed by atoms with Crippen molar-refractivity contribution in [1.82, 2.24) is 14.9 Å². The van der Waals surface area contributed by atoms with Gasteiger partial charge in [-0.1, -0.05) is 30.1 Å². The number of hydrogen-bond acceptors (Lipinski definition) is 7. The predicted octanol–water partition coefficient (Wildman–Crippen LogP) is 1.46. The number of amidine groups is 1. The maximum atomic E-state index is 12.0. The molecule has 4 rings (SSSR count). The second-order valence-electron chi connectivity index (χ2n) is 6.14. The van der Waals surface area contributed by atoms with Crippen LogP contribution in [0.5, 0.6) is 0 Å². The summed E-state index contributed by atoms with van der Waals surface area (Å²) in [4.78, 5) is 8.84. The normalized spacial score (nSPS) is 21.6. The van der Waals surface area contributed by atoms with Gasteiger partial charge in [-0.05, 0) is 25.0 Å². The van der Waals surface area contributed by atoms with Crippen LogP contribution in [0.2, 0.25) is 0 Å². The first-order valence-corrected chi connectivity index (χ1v) is 9.25. The molecule has 2 aliphatic rings. The summed E-state index contributed by atoms with van der Waals surface area (Å²) in [7, 11) is -3.54. The lowest BCUT2D eigenvalue weighted by Gasteiger charge is -2.17. The molecule has 0 radical (unpaired) electrons. The molecule has 0 amide bonds. The van der Waals surface area contributed by atoms with Crippen molar-refractivity contribution in [3.8, 4) is 0 Å². The molecule has 134 valence electrons. The molecule has 1 saturated carbocycles. The third-order valence-corrected chi connectivity index (χ3v) is 5.84. The molecular formula is C15H18ClN5O3S. The zero-order valence-electron chi connectivity index (χ0n) is 13.3. The van der Waals surface area contributed by atoms with Gasteiger partial charge in [0.15, 0.2) is 5.82 Å². The van der Waals surface area contributed by atoms with Crippen LogP contribution in [0.15, 0.2) is 38.7 Å². The SMILES string of the molecule is Cl.NC1(c2noc(CN=C3NS(=O)(=O)c4ccccc43)n2)CCCC1. The lowest BCUT2D eigenvalue weighted by molar-refractivity contribution is 0.349. The van der Waals surface area contributed by atoms with Crippen LogP contribution < -0.4 is 10.5 Å². The van der Waals surface area contributed by atoms with Gasteiger partial charge in [-0.25, -0.2) is 8.42 Å². The van der Waals surface area contributed by atoms with Gasteiger partial charge in [0.2, 0.25) is 5.89 Å². The van der Waals surface area contributed by atoms with E-state index >= 15 is 0 Å². The standard InChI is InChI=1S/C15H17N5O3S.ClH/c16-15(7-3-4-8-15)14-18-12(23-19-14)9-17-13-10-5-1-2-6-11(10)24(21,22)20-13;/h1-2,5-6H,3-4,7-9,16H2,(H,17,20);1H. The van der Waals surface area contributed by atoms with Crippen LogP contribution in [-0.2, 0) is 22.1 Å². The number of aliphatic imine (C=N–C) groups is 1. The highest BCUT2D eigenvalue weighted by Gasteiger charge is 2.36. The zero-order valence-corrected chi connectivity index (χ0v) is 14.9. The summed E-state index contributed by atoms with van der Waals surface area (Å²) in [6.07, 6.45) is 3.80. The molecule has 1 aromatic carbocycles. The fourth-order valence-electron chi connectivity index (χ4n) is 3.15. The minimum Gasteiger partial charge on any atom is -0.337 e. The van der Waals surface area contributed by atoms with E-state index in [9.17, 15) is 8.42 Å². The maximum Gasteiger partial charge on any atom is 0.263 e. The van der Waals surface area contributed by atoms with E-state index in [4.69, 9.17) is 10.3 Å². The van der Waals surface area contributed by atoms with Crippen LogP contribution in [0.4, 0.5) is 0 Å².